The van der Waals surface area contributed by atoms with Gasteiger partial charge in [-0.1, -0.05) is 328 Å². The summed E-state index contributed by atoms with van der Waals surface area (Å²) in [4.78, 5) is 9.44. The van der Waals surface area contributed by atoms with Gasteiger partial charge in [-0.2, -0.15) is 0 Å². The maximum Gasteiger partial charge on any atom is 0.0541 e. The standard InChI is InChI=1S/C54H36N4.C45H39N3.C34H22/c1-7-19-49-43(13-1)44-14-2-8-20-50(44)56(49)40-31-25-37(26-32-40)55(38-27-33-41(34-28-38)57-51-21-9-3-15-45(51)46-16-4-10-22-52(46)57)39-29-35-42(36-30-39)58-53-23-11-5-17-47(53)48-18-6-12-24-54(48)58;1-34-16-13-25-40(28-34)46(37-19-7-4-8-20-37)43-31-44(47(38-21-9-5-10-22-38)41-26-14-17-35(2)29-41)33-45(32-43)48(39-23-11-6-12-24-39)42-27-15-18-36(3)30-42;1-2-12-25-22-26(21-20-23(25)10-1)33-29-15-5-7-17-31(29)34(32-18-8-6-16-30(32)33)28-19-9-13-24-11-3-4-14-27(24)28/h1-36H;4-33H,1-3H3;1-22H. The molecule has 23 aromatic carbocycles. The van der Waals surface area contributed by atoms with Crippen LogP contribution in [0.2, 0.25) is 0 Å². The zero-order chi connectivity index (χ0) is 93.5. The van der Waals surface area contributed by atoms with E-state index in [-0.39, 0.29) is 0 Å². The summed E-state index contributed by atoms with van der Waals surface area (Å²) in [6.07, 6.45) is 0. The maximum atomic E-state index is 2.37. The molecule has 0 amide bonds. The van der Waals surface area contributed by atoms with Gasteiger partial charge in [0.1, 0.15) is 0 Å². The predicted octanol–water partition coefficient (Wildman–Crippen LogP) is 37.1. The number of aryl methyl sites for hydroxylation is 3. The van der Waals surface area contributed by atoms with E-state index in [1.807, 2.05) is 0 Å². The van der Waals surface area contributed by atoms with Gasteiger partial charge >= 0.3 is 0 Å². The van der Waals surface area contributed by atoms with Gasteiger partial charge in [0.25, 0.3) is 0 Å². The molecule has 0 aliphatic carbocycles. The van der Waals surface area contributed by atoms with E-state index in [0.29, 0.717) is 0 Å². The molecule has 0 saturated carbocycles. The van der Waals surface area contributed by atoms with Crippen molar-refractivity contribution in [3.05, 3.63) is 551 Å². The quantitative estimate of drug-likeness (QED) is 0.0850. The van der Waals surface area contributed by atoms with Crippen molar-refractivity contribution in [3.8, 4) is 39.3 Å². The molecular weight excluding hydrogens is 1700 g/mol. The molecule has 0 unspecified atom stereocenters. The van der Waals surface area contributed by atoms with Gasteiger partial charge in [0.2, 0.25) is 0 Å². The number of anilines is 12. The van der Waals surface area contributed by atoms with Crippen molar-refractivity contribution in [2.24, 2.45) is 0 Å². The number of aromatic nitrogens is 3. The van der Waals surface area contributed by atoms with Crippen molar-refractivity contribution in [1.29, 1.82) is 0 Å². The Labute approximate surface area is 815 Å². The third kappa shape index (κ3) is 15.8. The van der Waals surface area contributed by atoms with E-state index < -0.39 is 0 Å². The average Bonchev–Trinajstić information content (AvgIpc) is 1.51. The highest BCUT2D eigenvalue weighted by Gasteiger charge is 2.26. The topological polar surface area (TPSA) is 27.8 Å². The van der Waals surface area contributed by atoms with Crippen LogP contribution in [-0.4, -0.2) is 13.7 Å². The Kier molecular flexibility index (Phi) is 22.3. The van der Waals surface area contributed by atoms with Gasteiger partial charge in [0.05, 0.1) is 50.2 Å². The summed E-state index contributed by atoms with van der Waals surface area (Å²) in [6.45, 7) is 6.45. The summed E-state index contributed by atoms with van der Waals surface area (Å²) in [5.41, 5.74) is 32.4. The van der Waals surface area contributed by atoms with Crippen LogP contribution in [0.3, 0.4) is 0 Å². The molecule has 664 valence electrons. The first-order valence-electron chi connectivity index (χ1n) is 48.1. The number of hydrogen-bond acceptors (Lipinski definition) is 4. The molecule has 0 spiro atoms. The lowest BCUT2D eigenvalue weighted by molar-refractivity contribution is 1.16. The van der Waals surface area contributed by atoms with Crippen LogP contribution >= 0.6 is 0 Å². The second-order valence-corrected chi connectivity index (χ2v) is 36.2. The molecule has 3 aromatic heterocycles. The summed E-state index contributed by atoms with van der Waals surface area (Å²) in [6, 6.07) is 193. The van der Waals surface area contributed by atoms with E-state index >= 15 is 0 Å². The Morgan fingerprint density at radius 1 is 0.143 bits per heavy atom. The minimum absolute atomic E-state index is 1.06. The lowest BCUT2D eigenvalue weighted by Gasteiger charge is -2.33. The highest BCUT2D eigenvalue weighted by Crippen LogP contribution is 2.50. The van der Waals surface area contributed by atoms with Crippen molar-refractivity contribution in [1.82, 2.24) is 13.7 Å². The number of nitrogens with zero attached hydrogens (tertiary/aromatic N) is 7. The van der Waals surface area contributed by atoms with E-state index in [9.17, 15) is 0 Å². The van der Waals surface area contributed by atoms with Gasteiger partial charge in [-0.15, -0.1) is 0 Å². The van der Waals surface area contributed by atoms with Crippen molar-refractivity contribution in [3.63, 3.8) is 0 Å². The number of benzene rings is 23. The summed E-state index contributed by atoms with van der Waals surface area (Å²) in [5.74, 6) is 0. The zero-order valence-corrected chi connectivity index (χ0v) is 77.9. The molecule has 26 aromatic rings. The highest BCUT2D eigenvalue weighted by molar-refractivity contribution is 6.24. The molecule has 7 heteroatoms. The number of rotatable bonds is 17. The first-order valence-corrected chi connectivity index (χ1v) is 48.1. The number of fused-ring (bicyclic) bond motifs is 13. The monoisotopic (exact) mass is 1790 g/mol. The molecule has 0 N–H and O–H groups in total. The van der Waals surface area contributed by atoms with Crippen LogP contribution < -0.4 is 19.6 Å². The van der Waals surface area contributed by atoms with Gasteiger partial charge in [-0.25, -0.2) is 0 Å². The Balaban J connectivity index is 0.000000118. The number of para-hydroxylation sites is 9. The summed E-state index contributed by atoms with van der Waals surface area (Å²) < 4.78 is 7.12. The van der Waals surface area contributed by atoms with E-state index in [0.717, 1.165) is 85.3 Å². The summed E-state index contributed by atoms with van der Waals surface area (Å²) in [5, 5.41) is 17.8. The Morgan fingerprint density at radius 2 is 0.386 bits per heavy atom. The lowest BCUT2D eigenvalue weighted by atomic mass is 9.84. The summed E-state index contributed by atoms with van der Waals surface area (Å²) in [7, 11) is 0. The van der Waals surface area contributed by atoms with Crippen LogP contribution in [0, 0.1) is 20.8 Å². The van der Waals surface area contributed by atoms with Crippen LogP contribution in [0.15, 0.2) is 534 Å². The molecule has 0 aliphatic rings. The van der Waals surface area contributed by atoms with Crippen molar-refractivity contribution in [2.75, 3.05) is 19.6 Å². The second-order valence-electron chi connectivity index (χ2n) is 36.2. The molecule has 140 heavy (non-hydrogen) atoms. The van der Waals surface area contributed by atoms with E-state index in [1.165, 1.54) is 147 Å². The van der Waals surface area contributed by atoms with Crippen molar-refractivity contribution >= 4 is 177 Å². The van der Waals surface area contributed by atoms with Crippen LogP contribution in [-0.2, 0) is 0 Å². The second kappa shape index (κ2) is 36.8. The van der Waals surface area contributed by atoms with Gasteiger partial charge in [-0.3, -0.25) is 0 Å². The predicted molar refractivity (Wildman–Crippen MR) is 596 cm³/mol. The molecule has 0 saturated heterocycles. The minimum Gasteiger partial charge on any atom is -0.310 e. The lowest BCUT2D eigenvalue weighted by Crippen LogP contribution is -2.16. The number of hydrogen-bond donors (Lipinski definition) is 0. The Hall–Kier alpha value is -18.3. The molecule has 0 atom stereocenters. The van der Waals surface area contributed by atoms with Gasteiger partial charge < -0.3 is 33.3 Å². The first-order chi connectivity index (χ1) is 69.2. The molecule has 26 rings (SSSR count). The average molecular weight is 1790 g/mol. The van der Waals surface area contributed by atoms with E-state index in [2.05, 4.69) is 588 Å². The SMILES string of the molecule is Cc1cccc(N(c2ccccc2)c2cc(N(c3ccccc3)c3cccc(C)c3)cc(N(c3ccccc3)c3cccc(C)c3)c2)c1.c1ccc2c(c1)c1ccccc1n2-c1ccc(N(c2ccc(-n3c4ccccc4c4ccccc43)cc2)c2ccc(-n3c4ccccc4c4ccccc43)cc2)cc1.c1ccc2cc(-c3c4ccccc4c(-c4cccc5ccccc45)c4ccccc34)ccc2c1. The third-order valence-electron chi connectivity index (χ3n) is 27.4. The molecule has 0 aliphatic heterocycles. The smallest absolute Gasteiger partial charge is 0.0541 e. The molecule has 0 fully saturated rings. The molecule has 7 nitrogen and oxygen atoms in total. The highest BCUT2D eigenvalue weighted by atomic mass is 15.2. The molecular formula is C133H97N7. The van der Waals surface area contributed by atoms with Crippen molar-refractivity contribution in [2.45, 2.75) is 20.8 Å². The fourth-order valence-electron chi connectivity index (χ4n) is 21.2. The summed E-state index contributed by atoms with van der Waals surface area (Å²) >= 11 is 0. The molecule has 0 bridgehead atoms. The minimum atomic E-state index is 1.06. The van der Waals surface area contributed by atoms with Crippen LogP contribution in [0.4, 0.5) is 68.2 Å². The van der Waals surface area contributed by atoms with Crippen LogP contribution in [0.25, 0.3) is 148 Å². The zero-order valence-electron chi connectivity index (χ0n) is 77.9. The van der Waals surface area contributed by atoms with E-state index in [1.54, 1.807) is 0 Å². The van der Waals surface area contributed by atoms with Crippen LogP contribution in [0.1, 0.15) is 16.7 Å². The normalized spacial score (nSPS) is 11.4. The molecule has 3 heterocycles. The third-order valence-corrected chi connectivity index (χ3v) is 27.4. The van der Waals surface area contributed by atoms with Crippen molar-refractivity contribution < 1.29 is 0 Å². The van der Waals surface area contributed by atoms with E-state index in [4.69, 9.17) is 0 Å². The first kappa shape index (κ1) is 84.7. The maximum absolute atomic E-state index is 2.37. The fourth-order valence-corrected chi connectivity index (χ4v) is 21.2. The molecule has 0 radical (unpaired) electrons. The largest absolute Gasteiger partial charge is 0.310 e. The van der Waals surface area contributed by atoms with Gasteiger partial charge in [-0.05, 0) is 309 Å². The van der Waals surface area contributed by atoms with Crippen LogP contribution in [0.5, 0.6) is 0 Å². The Morgan fingerprint density at radius 3 is 0.714 bits per heavy atom. The fraction of sp³-hybridized carbons (Fsp3) is 0.0226. The van der Waals surface area contributed by atoms with Gasteiger partial charge in [0.15, 0.2) is 0 Å². The Bertz CT molecular complexity index is 8260. The van der Waals surface area contributed by atoms with Gasteiger partial charge in [0, 0.05) is 101 Å².